The number of hydrogen-bond donors (Lipinski definition) is 2. The molecule has 0 aliphatic rings. The second-order valence-electron chi connectivity index (χ2n) is 6.12. The van der Waals surface area contributed by atoms with Crippen molar-refractivity contribution in [3.63, 3.8) is 0 Å². The number of aromatic nitrogens is 1. The molecule has 114 valence electrons. The van der Waals surface area contributed by atoms with Crippen LogP contribution in [0.5, 0.6) is 0 Å². The Morgan fingerprint density at radius 1 is 0.955 bits per heavy atom. The summed E-state index contributed by atoms with van der Waals surface area (Å²) in [6, 6.07) is 11.4. The molecule has 2 aromatic rings. The second-order valence-corrected chi connectivity index (χ2v) is 6.12. The van der Waals surface area contributed by atoms with Crippen LogP contribution in [0.1, 0.15) is 42.3 Å². The van der Waals surface area contributed by atoms with Crippen molar-refractivity contribution in [1.29, 1.82) is 0 Å². The van der Waals surface area contributed by atoms with E-state index in [1.807, 2.05) is 12.1 Å². The van der Waals surface area contributed by atoms with Gasteiger partial charge in [-0.3, -0.25) is 20.6 Å². The molecule has 1 heterocycles. The van der Waals surface area contributed by atoms with Crippen molar-refractivity contribution in [2.75, 3.05) is 0 Å². The van der Waals surface area contributed by atoms with Crippen molar-refractivity contribution in [3.05, 3.63) is 72.1 Å². The molecule has 4 nitrogen and oxygen atoms in total. The zero-order valence-corrected chi connectivity index (χ0v) is 13.2. The Bertz CT molecular complexity index is 655. The fraction of sp³-hybridized carbons (Fsp3) is 0.222. The number of pyridine rings is 1. The van der Waals surface area contributed by atoms with Gasteiger partial charge in [-0.15, -0.1) is 0 Å². The zero-order chi connectivity index (χ0) is 16.2. The van der Waals surface area contributed by atoms with Crippen molar-refractivity contribution in [2.24, 2.45) is 0 Å². The average Bonchev–Trinajstić information content (AvgIpc) is 2.52. The van der Waals surface area contributed by atoms with Crippen LogP contribution in [0, 0.1) is 0 Å². The molecule has 0 aliphatic carbocycles. The lowest BCUT2D eigenvalue weighted by Gasteiger charge is -2.19. The van der Waals surface area contributed by atoms with E-state index < -0.39 is 0 Å². The number of rotatable bonds is 4. The fourth-order valence-electron chi connectivity index (χ4n) is 1.95. The first-order chi connectivity index (χ1) is 10.4. The number of carbonyl (C=O) groups is 1. The summed E-state index contributed by atoms with van der Waals surface area (Å²) in [5.41, 5.74) is 8.95. The first-order valence-corrected chi connectivity index (χ1v) is 7.14. The Labute approximate surface area is 131 Å². The number of nitrogens with zero attached hydrogens (tertiary/aromatic N) is 1. The van der Waals surface area contributed by atoms with Gasteiger partial charge in [0.05, 0.1) is 5.70 Å². The van der Waals surface area contributed by atoms with Gasteiger partial charge in [0.15, 0.2) is 0 Å². The lowest BCUT2D eigenvalue weighted by Crippen LogP contribution is -2.35. The van der Waals surface area contributed by atoms with Crippen LogP contribution in [0.4, 0.5) is 0 Å². The van der Waals surface area contributed by atoms with Gasteiger partial charge in [-0.25, -0.2) is 0 Å². The van der Waals surface area contributed by atoms with Crippen LogP contribution in [0.25, 0.3) is 5.70 Å². The summed E-state index contributed by atoms with van der Waals surface area (Å²) in [5, 5.41) is 0. The van der Waals surface area contributed by atoms with Crippen molar-refractivity contribution >= 4 is 11.6 Å². The third-order valence-corrected chi connectivity index (χ3v) is 3.37. The minimum absolute atomic E-state index is 0.114. The van der Waals surface area contributed by atoms with Gasteiger partial charge in [0.1, 0.15) is 0 Å². The van der Waals surface area contributed by atoms with Crippen molar-refractivity contribution in [2.45, 2.75) is 26.2 Å². The molecule has 2 N–H and O–H groups in total. The zero-order valence-electron chi connectivity index (χ0n) is 13.2. The van der Waals surface area contributed by atoms with Gasteiger partial charge in [0.25, 0.3) is 5.91 Å². The van der Waals surface area contributed by atoms with E-state index in [1.165, 1.54) is 5.56 Å². The molecule has 0 bridgehead atoms. The monoisotopic (exact) mass is 295 g/mol. The molecule has 0 atom stereocenters. The van der Waals surface area contributed by atoms with Crippen LogP contribution in [0.2, 0.25) is 0 Å². The first kappa shape index (κ1) is 15.8. The molecular weight excluding hydrogens is 274 g/mol. The van der Waals surface area contributed by atoms with E-state index in [0.29, 0.717) is 11.3 Å². The van der Waals surface area contributed by atoms with E-state index in [1.54, 1.807) is 24.5 Å². The van der Waals surface area contributed by atoms with Crippen LogP contribution in [0.15, 0.2) is 55.4 Å². The molecule has 0 saturated carbocycles. The van der Waals surface area contributed by atoms with Crippen LogP contribution < -0.4 is 10.9 Å². The molecule has 0 radical (unpaired) electrons. The van der Waals surface area contributed by atoms with Gasteiger partial charge < -0.3 is 0 Å². The number of nitrogens with one attached hydrogen (secondary N) is 2. The standard InChI is InChI=1S/C18H21N3O/c1-13(14-5-7-16(8-6-14)18(2,3)4)20-21-17(22)15-9-11-19-12-10-15/h5-12,20H,1H2,2-4H3,(H,21,22). The predicted molar refractivity (Wildman–Crippen MR) is 89.0 cm³/mol. The third kappa shape index (κ3) is 3.95. The van der Waals surface area contributed by atoms with E-state index in [4.69, 9.17) is 0 Å². The van der Waals surface area contributed by atoms with Gasteiger partial charge in [-0.2, -0.15) is 0 Å². The Morgan fingerprint density at radius 2 is 1.55 bits per heavy atom. The van der Waals surface area contributed by atoms with E-state index >= 15 is 0 Å². The van der Waals surface area contributed by atoms with Crippen LogP contribution in [-0.4, -0.2) is 10.9 Å². The Hall–Kier alpha value is -2.62. The lowest BCUT2D eigenvalue weighted by molar-refractivity contribution is 0.0942. The van der Waals surface area contributed by atoms with Crippen LogP contribution >= 0.6 is 0 Å². The Morgan fingerprint density at radius 3 is 2.09 bits per heavy atom. The van der Waals surface area contributed by atoms with Gasteiger partial charge >= 0.3 is 0 Å². The maximum absolute atomic E-state index is 11.9. The molecular formula is C18H21N3O. The highest BCUT2D eigenvalue weighted by atomic mass is 16.2. The summed E-state index contributed by atoms with van der Waals surface area (Å²) >= 11 is 0. The van der Waals surface area contributed by atoms with Crippen molar-refractivity contribution < 1.29 is 4.79 Å². The minimum atomic E-state index is -0.227. The molecule has 22 heavy (non-hydrogen) atoms. The predicted octanol–water partition coefficient (Wildman–Crippen LogP) is 3.28. The molecule has 0 spiro atoms. The van der Waals surface area contributed by atoms with E-state index in [0.717, 1.165) is 5.56 Å². The number of benzene rings is 1. The van der Waals surface area contributed by atoms with E-state index in [2.05, 4.69) is 55.3 Å². The average molecular weight is 295 g/mol. The van der Waals surface area contributed by atoms with Crippen LogP contribution in [-0.2, 0) is 5.41 Å². The van der Waals surface area contributed by atoms with Gasteiger partial charge in [-0.05, 0) is 28.7 Å². The van der Waals surface area contributed by atoms with Gasteiger partial charge in [0.2, 0.25) is 0 Å². The fourth-order valence-corrected chi connectivity index (χ4v) is 1.95. The van der Waals surface area contributed by atoms with E-state index in [9.17, 15) is 4.79 Å². The maximum atomic E-state index is 11.9. The molecule has 2 rings (SSSR count). The van der Waals surface area contributed by atoms with Crippen LogP contribution in [0.3, 0.4) is 0 Å². The summed E-state index contributed by atoms with van der Waals surface area (Å²) in [5.74, 6) is -0.227. The van der Waals surface area contributed by atoms with E-state index in [-0.39, 0.29) is 11.3 Å². The largest absolute Gasteiger partial charge is 0.298 e. The SMILES string of the molecule is C=C(NNC(=O)c1ccncc1)c1ccc(C(C)(C)C)cc1. The van der Waals surface area contributed by atoms with Crippen molar-refractivity contribution in [3.8, 4) is 0 Å². The quantitative estimate of drug-likeness (QED) is 0.851. The highest BCUT2D eigenvalue weighted by molar-refractivity contribution is 5.94. The topological polar surface area (TPSA) is 54.0 Å². The molecule has 4 heteroatoms. The number of carbonyl (C=O) groups excluding carboxylic acids is 1. The summed E-state index contributed by atoms with van der Waals surface area (Å²) in [6.07, 6.45) is 3.16. The molecule has 0 saturated heterocycles. The number of hydrogen-bond acceptors (Lipinski definition) is 3. The third-order valence-electron chi connectivity index (χ3n) is 3.37. The summed E-state index contributed by atoms with van der Waals surface area (Å²) in [6.45, 7) is 10.5. The maximum Gasteiger partial charge on any atom is 0.269 e. The summed E-state index contributed by atoms with van der Waals surface area (Å²) < 4.78 is 0. The molecule has 0 aliphatic heterocycles. The molecule has 1 amide bonds. The summed E-state index contributed by atoms with van der Waals surface area (Å²) in [7, 11) is 0. The smallest absolute Gasteiger partial charge is 0.269 e. The summed E-state index contributed by atoms with van der Waals surface area (Å²) in [4.78, 5) is 15.8. The van der Waals surface area contributed by atoms with Gasteiger partial charge in [-0.1, -0.05) is 51.6 Å². The minimum Gasteiger partial charge on any atom is -0.298 e. The molecule has 1 aromatic heterocycles. The molecule has 1 aromatic carbocycles. The number of hydrazine groups is 1. The molecule has 0 fully saturated rings. The lowest BCUT2D eigenvalue weighted by atomic mass is 9.86. The van der Waals surface area contributed by atoms with Crippen molar-refractivity contribution in [1.82, 2.24) is 15.8 Å². The molecule has 0 unspecified atom stereocenters. The highest BCUT2D eigenvalue weighted by Gasteiger charge is 2.13. The Kier molecular flexibility index (Phi) is 4.61. The Balaban J connectivity index is 1.97. The van der Waals surface area contributed by atoms with Gasteiger partial charge in [0, 0.05) is 18.0 Å². The number of amides is 1. The second kappa shape index (κ2) is 6.43. The first-order valence-electron chi connectivity index (χ1n) is 7.14. The highest BCUT2D eigenvalue weighted by Crippen LogP contribution is 2.23. The normalized spacial score (nSPS) is 10.9.